The third-order valence-electron chi connectivity index (χ3n) is 4.96. The van der Waals surface area contributed by atoms with Crippen LogP contribution in [0.4, 0.5) is 0 Å². The Bertz CT molecular complexity index is 421. The molecule has 0 bridgehead atoms. The number of benzene rings is 1. The van der Waals surface area contributed by atoms with Crippen LogP contribution in [0.3, 0.4) is 0 Å². The number of piperidine rings is 1. The number of rotatable bonds is 6. The first-order chi connectivity index (χ1) is 10.1. The maximum Gasteiger partial charge on any atom is 0.0250 e. The van der Waals surface area contributed by atoms with Crippen molar-refractivity contribution in [3.63, 3.8) is 0 Å². The summed E-state index contributed by atoms with van der Waals surface area (Å²) in [7, 11) is 0. The van der Waals surface area contributed by atoms with E-state index in [2.05, 4.69) is 56.1 Å². The van der Waals surface area contributed by atoms with Gasteiger partial charge in [-0.3, -0.25) is 4.90 Å². The summed E-state index contributed by atoms with van der Waals surface area (Å²) in [5, 5.41) is 3.71. The lowest BCUT2D eigenvalue weighted by Gasteiger charge is -2.40. The van der Waals surface area contributed by atoms with Gasteiger partial charge in [-0.2, -0.15) is 0 Å². The monoisotopic (exact) mass is 288 g/mol. The molecule has 2 rings (SSSR count). The van der Waals surface area contributed by atoms with Crippen molar-refractivity contribution in [3.05, 3.63) is 34.9 Å². The predicted molar refractivity (Wildman–Crippen MR) is 91.7 cm³/mol. The van der Waals surface area contributed by atoms with Gasteiger partial charge in [0.15, 0.2) is 0 Å². The molecule has 0 radical (unpaired) electrons. The Morgan fingerprint density at radius 1 is 1.24 bits per heavy atom. The molecular formula is C19H32N2. The molecule has 1 aliphatic heterocycles. The summed E-state index contributed by atoms with van der Waals surface area (Å²) in [5.41, 5.74) is 4.41. The van der Waals surface area contributed by atoms with E-state index in [9.17, 15) is 0 Å². The Hall–Kier alpha value is -0.860. The normalized spacial score (nSPS) is 21.4. The highest BCUT2D eigenvalue weighted by Gasteiger charge is 2.27. The Balaban J connectivity index is 2.08. The molecule has 1 heterocycles. The molecule has 2 nitrogen and oxygen atoms in total. The Morgan fingerprint density at radius 2 is 1.95 bits per heavy atom. The first kappa shape index (κ1) is 16.5. The number of hydrogen-bond donors (Lipinski definition) is 1. The first-order valence-electron chi connectivity index (χ1n) is 8.66. The third-order valence-corrected chi connectivity index (χ3v) is 4.96. The highest BCUT2D eigenvalue weighted by atomic mass is 15.2. The number of nitrogens with zero attached hydrogens (tertiary/aromatic N) is 1. The van der Waals surface area contributed by atoms with Gasteiger partial charge in [0.2, 0.25) is 0 Å². The van der Waals surface area contributed by atoms with Crippen LogP contribution in [0.25, 0.3) is 0 Å². The fourth-order valence-electron chi connectivity index (χ4n) is 3.59. The Morgan fingerprint density at radius 3 is 2.62 bits per heavy atom. The van der Waals surface area contributed by atoms with Crippen LogP contribution >= 0.6 is 0 Å². The van der Waals surface area contributed by atoms with Crippen LogP contribution in [0.15, 0.2) is 18.2 Å². The SMILES string of the molecule is CCCNC(C)C1CCCCN1Cc1c(C)cccc1C. The second kappa shape index (κ2) is 7.95. The van der Waals surface area contributed by atoms with Crippen LogP contribution in [-0.4, -0.2) is 30.1 Å². The molecule has 0 amide bonds. The molecule has 0 aliphatic carbocycles. The number of likely N-dealkylation sites (tertiary alicyclic amines) is 1. The molecule has 0 saturated carbocycles. The van der Waals surface area contributed by atoms with Crippen molar-refractivity contribution in [2.24, 2.45) is 0 Å². The standard InChI is InChI=1S/C19H32N2/c1-5-12-20-17(4)19-11-6-7-13-21(19)14-18-15(2)9-8-10-16(18)3/h8-10,17,19-20H,5-7,11-14H2,1-4H3. The molecule has 1 aromatic rings. The van der Waals surface area contributed by atoms with E-state index in [1.54, 1.807) is 0 Å². The zero-order valence-electron chi connectivity index (χ0n) is 14.3. The smallest absolute Gasteiger partial charge is 0.0250 e. The summed E-state index contributed by atoms with van der Waals surface area (Å²) < 4.78 is 0. The van der Waals surface area contributed by atoms with Gasteiger partial charge in [-0.15, -0.1) is 0 Å². The van der Waals surface area contributed by atoms with Crippen LogP contribution in [0.1, 0.15) is 56.2 Å². The van der Waals surface area contributed by atoms with Gasteiger partial charge in [0.05, 0.1) is 0 Å². The maximum absolute atomic E-state index is 3.71. The van der Waals surface area contributed by atoms with Crippen molar-refractivity contribution in [1.29, 1.82) is 0 Å². The summed E-state index contributed by atoms with van der Waals surface area (Å²) in [4.78, 5) is 2.71. The van der Waals surface area contributed by atoms with E-state index in [0.29, 0.717) is 12.1 Å². The first-order valence-corrected chi connectivity index (χ1v) is 8.66. The van der Waals surface area contributed by atoms with Crippen molar-refractivity contribution in [3.8, 4) is 0 Å². The molecule has 2 unspecified atom stereocenters. The molecule has 1 fully saturated rings. The second-order valence-corrected chi connectivity index (χ2v) is 6.65. The van der Waals surface area contributed by atoms with E-state index in [1.165, 1.54) is 48.9 Å². The largest absolute Gasteiger partial charge is 0.313 e. The van der Waals surface area contributed by atoms with Gasteiger partial charge >= 0.3 is 0 Å². The zero-order chi connectivity index (χ0) is 15.2. The van der Waals surface area contributed by atoms with Crippen molar-refractivity contribution in [2.45, 2.75) is 72.0 Å². The van der Waals surface area contributed by atoms with Crippen molar-refractivity contribution in [2.75, 3.05) is 13.1 Å². The summed E-state index contributed by atoms with van der Waals surface area (Å²) in [6, 6.07) is 7.95. The molecule has 1 saturated heterocycles. The quantitative estimate of drug-likeness (QED) is 0.849. The molecule has 1 aromatic carbocycles. The fraction of sp³-hybridized carbons (Fsp3) is 0.684. The molecule has 0 aromatic heterocycles. The van der Waals surface area contributed by atoms with Gasteiger partial charge < -0.3 is 5.32 Å². The predicted octanol–water partition coefficient (Wildman–Crippen LogP) is 4.05. The number of nitrogens with one attached hydrogen (secondary N) is 1. The van der Waals surface area contributed by atoms with Crippen LogP contribution in [0.5, 0.6) is 0 Å². The van der Waals surface area contributed by atoms with Gasteiger partial charge in [-0.05, 0) is 69.8 Å². The van der Waals surface area contributed by atoms with Crippen LogP contribution in [0.2, 0.25) is 0 Å². The van der Waals surface area contributed by atoms with E-state index in [1.807, 2.05) is 0 Å². The van der Waals surface area contributed by atoms with Gasteiger partial charge in [-0.1, -0.05) is 31.5 Å². The lowest BCUT2D eigenvalue weighted by atomic mass is 9.94. The topological polar surface area (TPSA) is 15.3 Å². The zero-order valence-corrected chi connectivity index (χ0v) is 14.3. The lowest BCUT2D eigenvalue weighted by molar-refractivity contribution is 0.111. The van der Waals surface area contributed by atoms with Gasteiger partial charge in [0.25, 0.3) is 0 Å². The van der Waals surface area contributed by atoms with Crippen molar-refractivity contribution < 1.29 is 0 Å². The number of hydrogen-bond acceptors (Lipinski definition) is 2. The van der Waals surface area contributed by atoms with Crippen LogP contribution in [-0.2, 0) is 6.54 Å². The highest BCUT2D eigenvalue weighted by molar-refractivity contribution is 5.33. The van der Waals surface area contributed by atoms with Crippen LogP contribution in [0, 0.1) is 13.8 Å². The van der Waals surface area contributed by atoms with E-state index in [-0.39, 0.29) is 0 Å². The molecule has 1 aliphatic rings. The van der Waals surface area contributed by atoms with Crippen molar-refractivity contribution in [1.82, 2.24) is 10.2 Å². The third kappa shape index (κ3) is 4.31. The molecule has 2 heteroatoms. The minimum absolute atomic E-state index is 0.592. The minimum atomic E-state index is 0.592. The summed E-state index contributed by atoms with van der Waals surface area (Å²) in [6.07, 6.45) is 5.28. The summed E-state index contributed by atoms with van der Waals surface area (Å²) in [5.74, 6) is 0. The second-order valence-electron chi connectivity index (χ2n) is 6.65. The van der Waals surface area contributed by atoms with E-state index in [4.69, 9.17) is 0 Å². The molecule has 1 N–H and O–H groups in total. The van der Waals surface area contributed by atoms with E-state index < -0.39 is 0 Å². The molecular weight excluding hydrogens is 256 g/mol. The average molecular weight is 288 g/mol. The van der Waals surface area contributed by atoms with E-state index in [0.717, 1.165) is 13.1 Å². The van der Waals surface area contributed by atoms with Crippen LogP contribution < -0.4 is 5.32 Å². The Kier molecular flexibility index (Phi) is 6.25. The highest BCUT2D eigenvalue weighted by Crippen LogP contribution is 2.24. The maximum atomic E-state index is 3.71. The summed E-state index contributed by atoms with van der Waals surface area (Å²) in [6.45, 7) is 12.6. The van der Waals surface area contributed by atoms with Gasteiger partial charge in [0, 0.05) is 18.6 Å². The van der Waals surface area contributed by atoms with Gasteiger partial charge in [-0.25, -0.2) is 0 Å². The average Bonchev–Trinajstić information content (AvgIpc) is 2.49. The van der Waals surface area contributed by atoms with Crippen molar-refractivity contribution >= 4 is 0 Å². The molecule has 2 atom stereocenters. The summed E-state index contributed by atoms with van der Waals surface area (Å²) >= 11 is 0. The Labute approximate surface area is 130 Å². The fourth-order valence-corrected chi connectivity index (χ4v) is 3.59. The number of aryl methyl sites for hydroxylation is 2. The van der Waals surface area contributed by atoms with E-state index >= 15 is 0 Å². The molecule has 118 valence electrons. The molecule has 0 spiro atoms. The minimum Gasteiger partial charge on any atom is -0.313 e. The molecule has 21 heavy (non-hydrogen) atoms. The lowest BCUT2D eigenvalue weighted by Crippen LogP contribution is -2.50. The van der Waals surface area contributed by atoms with Gasteiger partial charge in [0.1, 0.15) is 0 Å².